The van der Waals surface area contributed by atoms with Gasteiger partial charge >= 0.3 is 0 Å². The molecule has 0 spiro atoms. The Morgan fingerprint density at radius 1 is 1.05 bits per heavy atom. The predicted octanol–water partition coefficient (Wildman–Crippen LogP) is 4.29. The van der Waals surface area contributed by atoms with Crippen molar-refractivity contribution in [2.45, 2.75) is 36.1 Å². The van der Waals surface area contributed by atoms with Gasteiger partial charge in [0.05, 0.1) is 5.69 Å². The average molecular weight is 272 g/mol. The van der Waals surface area contributed by atoms with Gasteiger partial charge in [-0.1, -0.05) is 43.8 Å². The van der Waals surface area contributed by atoms with Crippen LogP contribution in [0.5, 0.6) is 0 Å². The minimum absolute atomic E-state index is 0.362. The van der Waals surface area contributed by atoms with Crippen LogP contribution in [0.1, 0.15) is 32.0 Å². The molecule has 2 rings (SSSR count). The van der Waals surface area contributed by atoms with Crippen LogP contribution in [0, 0.1) is 0 Å². The maximum absolute atomic E-state index is 4.58. The molecule has 100 valence electrons. The molecule has 1 aromatic carbocycles. The quantitative estimate of drug-likeness (QED) is 0.849. The molecule has 1 N–H and O–H groups in total. The van der Waals surface area contributed by atoms with E-state index in [2.05, 4.69) is 60.5 Å². The first-order chi connectivity index (χ1) is 9.33. The Balaban J connectivity index is 2.06. The minimum atomic E-state index is 0.362. The SMILES string of the molecule is CCNC(CC)c1ccc(Sc2ccccc2)cn1. The molecule has 2 nitrogen and oxygen atoms in total. The van der Waals surface area contributed by atoms with Crippen LogP contribution in [0.3, 0.4) is 0 Å². The van der Waals surface area contributed by atoms with Crippen LogP contribution in [0.15, 0.2) is 58.5 Å². The van der Waals surface area contributed by atoms with Crippen molar-refractivity contribution < 1.29 is 0 Å². The fourth-order valence-corrected chi connectivity index (χ4v) is 2.79. The van der Waals surface area contributed by atoms with E-state index in [1.165, 1.54) is 9.79 Å². The monoisotopic (exact) mass is 272 g/mol. The summed E-state index contributed by atoms with van der Waals surface area (Å²) in [6.45, 7) is 5.28. The second-order valence-corrected chi connectivity index (χ2v) is 5.50. The van der Waals surface area contributed by atoms with Crippen LogP contribution in [0.4, 0.5) is 0 Å². The lowest BCUT2D eigenvalue weighted by atomic mass is 10.1. The summed E-state index contributed by atoms with van der Waals surface area (Å²) in [7, 11) is 0. The van der Waals surface area contributed by atoms with E-state index in [0.29, 0.717) is 6.04 Å². The van der Waals surface area contributed by atoms with Gasteiger partial charge in [-0.25, -0.2) is 0 Å². The molecule has 3 heteroatoms. The number of rotatable bonds is 6. The van der Waals surface area contributed by atoms with E-state index >= 15 is 0 Å². The largest absolute Gasteiger partial charge is 0.309 e. The summed E-state index contributed by atoms with van der Waals surface area (Å²) in [5.41, 5.74) is 1.13. The van der Waals surface area contributed by atoms with Gasteiger partial charge in [0.2, 0.25) is 0 Å². The van der Waals surface area contributed by atoms with Crippen LogP contribution >= 0.6 is 11.8 Å². The maximum Gasteiger partial charge on any atom is 0.0573 e. The van der Waals surface area contributed by atoms with Crippen LogP contribution in [-0.4, -0.2) is 11.5 Å². The molecule has 0 aliphatic heterocycles. The molecule has 0 radical (unpaired) electrons. The van der Waals surface area contributed by atoms with Gasteiger partial charge in [0.25, 0.3) is 0 Å². The van der Waals surface area contributed by atoms with Crippen molar-refractivity contribution in [3.63, 3.8) is 0 Å². The number of hydrogen-bond acceptors (Lipinski definition) is 3. The van der Waals surface area contributed by atoms with Crippen LogP contribution < -0.4 is 5.32 Å². The Labute approximate surface area is 119 Å². The topological polar surface area (TPSA) is 24.9 Å². The summed E-state index contributed by atoms with van der Waals surface area (Å²) in [5.74, 6) is 0. The number of nitrogens with one attached hydrogen (secondary N) is 1. The highest BCUT2D eigenvalue weighted by molar-refractivity contribution is 7.99. The van der Waals surface area contributed by atoms with Crippen molar-refractivity contribution in [1.82, 2.24) is 10.3 Å². The van der Waals surface area contributed by atoms with Gasteiger partial charge in [-0.15, -0.1) is 0 Å². The molecule has 0 aliphatic carbocycles. The summed E-state index contributed by atoms with van der Waals surface area (Å²) in [5, 5.41) is 3.45. The first-order valence-electron chi connectivity index (χ1n) is 6.75. The molecule has 0 aliphatic rings. The fraction of sp³-hybridized carbons (Fsp3) is 0.312. The van der Waals surface area contributed by atoms with Crippen molar-refractivity contribution in [3.05, 3.63) is 54.4 Å². The van der Waals surface area contributed by atoms with Gasteiger partial charge in [-0.3, -0.25) is 4.98 Å². The lowest BCUT2D eigenvalue weighted by Crippen LogP contribution is -2.20. The molecule has 1 aromatic heterocycles. The Morgan fingerprint density at radius 3 is 2.42 bits per heavy atom. The van der Waals surface area contributed by atoms with Crippen molar-refractivity contribution in [2.24, 2.45) is 0 Å². The second-order valence-electron chi connectivity index (χ2n) is 4.35. The van der Waals surface area contributed by atoms with E-state index in [1.54, 1.807) is 11.8 Å². The van der Waals surface area contributed by atoms with E-state index in [1.807, 2.05) is 12.3 Å². The number of benzene rings is 1. The summed E-state index contributed by atoms with van der Waals surface area (Å²) < 4.78 is 0. The van der Waals surface area contributed by atoms with E-state index < -0.39 is 0 Å². The molecule has 0 fully saturated rings. The Kier molecular flexibility index (Phi) is 5.43. The minimum Gasteiger partial charge on any atom is -0.309 e. The van der Waals surface area contributed by atoms with Crippen molar-refractivity contribution in [3.8, 4) is 0 Å². The highest BCUT2D eigenvalue weighted by Crippen LogP contribution is 2.27. The molecule has 0 saturated heterocycles. The zero-order valence-electron chi connectivity index (χ0n) is 11.5. The molecule has 0 amide bonds. The lowest BCUT2D eigenvalue weighted by molar-refractivity contribution is 0.524. The van der Waals surface area contributed by atoms with E-state index in [0.717, 1.165) is 18.7 Å². The molecule has 1 heterocycles. The smallest absolute Gasteiger partial charge is 0.0573 e. The van der Waals surface area contributed by atoms with Gasteiger partial charge in [-0.2, -0.15) is 0 Å². The van der Waals surface area contributed by atoms with E-state index in [4.69, 9.17) is 0 Å². The Morgan fingerprint density at radius 2 is 1.84 bits per heavy atom. The third kappa shape index (κ3) is 4.08. The van der Waals surface area contributed by atoms with Gasteiger partial charge in [0, 0.05) is 22.0 Å². The maximum atomic E-state index is 4.58. The van der Waals surface area contributed by atoms with E-state index in [9.17, 15) is 0 Å². The number of aromatic nitrogens is 1. The van der Waals surface area contributed by atoms with E-state index in [-0.39, 0.29) is 0 Å². The first kappa shape index (κ1) is 14.1. The summed E-state index contributed by atoms with van der Waals surface area (Å²) in [4.78, 5) is 7.01. The number of hydrogen-bond donors (Lipinski definition) is 1. The molecular weight excluding hydrogens is 252 g/mol. The molecule has 19 heavy (non-hydrogen) atoms. The molecule has 0 bridgehead atoms. The van der Waals surface area contributed by atoms with Gasteiger partial charge in [0.1, 0.15) is 0 Å². The van der Waals surface area contributed by atoms with Gasteiger partial charge < -0.3 is 5.32 Å². The van der Waals surface area contributed by atoms with Gasteiger partial charge in [-0.05, 0) is 37.2 Å². The van der Waals surface area contributed by atoms with Crippen LogP contribution in [-0.2, 0) is 0 Å². The highest BCUT2D eigenvalue weighted by atomic mass is 32.2. The summed E-state index contributed by atoms with van der Waals surface area (Å²) in [6.07, 6.45) is 3.03. The third-order valence-electron chi connectivity index (χ3n) is 2.95. The summed E-state index contributed by atoms with van der Waals surface area (Å²) in [6, 6.07) is 15.0. The number of nitrogens with zero attached hydrogens (tertiary/aromatic N) is 1. The Hall–Kier alpha value is -1.32. The molecule has 1 unspecified atom stereocenters. The van der Waals surface area contributed by atoms with Crippen LogP contribution in [0.2, 0.25) is 0 Å². The average Bonchev–Trinajstić information content (AvgIpc) is 2.47. The molecule has 2 aromatic rings. The molecule has 0 saturated carbocycles. The standard InChI is InChI=1S/C16H20N2S/c1-3-15(17-4-2)16-11-10-14(12-18-16)19-13-8-6-5-7-9-13/h5-12,15,17H,3-4H2,1-2H3. The fourth-order valence-electron chi connectivity index (χ4n) is 1.99. The lowest BCUT2D eigenvalue weighted by Gasteiger charge is -2.15. The second kappa shape index (κ2) is 7.31. The summed E-state index contributed by atoms with van der Waals surface area (Å²) >= 11 is 1.75. The van der Waals surface area contributed by atoms with Crippen LogP contribution in [0.25, 0.3) is 0 Å². The van der Waals surface area contributed by atoms with Crippen molar-refractivity contribution >= 4 is 11.8 Å². The van der Waals surface area contributed by atoms with Gasteiger partial charge in [0.15, 0.2) is 0 Å². The predicted molar refractivity (Wildman–Crippen MR) is 81.5 cm³/mol. The van der Waals surface area contributed by atoms with Crippen molar-refractivity contribution in [2.75, 3.05) is 6.54 Å². The molecule has 1 atom stereocenters. The van der Waals surface area contributed by atoms with Crippen molar-refractivity contribution in [1.29, 1.82) is 0 Å². The first-order valence-corrected chi connectivity index (χ1v) is 7.57. The number of pyridine rings is 1. The normalized spacial score (nSPS) is 12.3. The zero-order chi connectivity index (χ0) is 13.5. The zero-order valence-corrected chi connectivity index (χ0v) is 12.3. The highest BCUT2D eigenvalue weighted by Gasteiger charge is 2.08. The third-order valence-corrected chi connectivity index (χ3v) is 3.94. The molecular formula is C16H20N2S. The Bertz CT molecular complexity index is 482.